The number of carbonyl (C=O) groups is 1. The molecule has 0 aromatic carbocycles. The quantitative estimate of drug-likeness (QED) is 0.537. The Balaban J connectivity index is 2.26. The third kappa shape index (κ3) is 0.686. The number of rotatable bonds is 0. The predicted octanol–water partition coefficient (Wildman–Crippen LogP) is 1.65. The van der Waals surface area contributed by atoms with E-state index < -0.39 is 0 Å². The van der Waals surface area contributed by atoms with Crippen LogP contribution in [0.1, 0.15) is 33.1 Å². The molecule has 2 fully saturated rings. The van der Waals surface area contributed by atoms with Crippen molar-refractivity contribution < 1.29 is 4.79 Å². The minimum Gasteiger partial charge on any atom is -0.340 e. The van der Waals surface area contributed by atoms with Crippen LogP contribution < -0.4 is 0 Å². The molecule has 1 spiro atoms. The van der Waals surface area contributed by atoms with Crippen LogP contribution in [0.4, 0.5) is 0 Å². The summed E-state index contributed by atoms with van der Waals surface area (Å²) in [6.45, 7) is 4.55. The summed E-state index contributed by atoms with van der Waals surface area (Å²) in [5.41, 5.74) is 0.247. The van der Waals surface area contributed by atoms with Gasteiger partial charge in [-0.1, -0.05) is 13.8 Å². The Bertz CT molecular complexity index is 216. The van der Waals surface area contributed by atoms with E-state index in [4.69, 9.17) is 0 Å². The van der Waals surface area contributed by atoms with Crippen LogP contribution in [-0.4, -0.2) is 23.4 Å². The van der Waals surface area contributed by atoms with Gasteiger partial charge < -0.3 is 4.90 Å². The monoisotopic (exact) mass is 167 g/mol. The number of likely N-dealkylation sites (tertiary alicyclic amines) is 1. The second kappa shape index (κ2) is 2.24. The summed E-state index contributed by atoms with van der Waals surface area (Å²) in [4.78, 5) is 13.4. The summed E-state index contributed by atoms with van der Waals surface area (Å²) in [6, 6.07) is 0. The zero-order valence-corrected chi connectivity index (χ0v) is 8.13. The van der Waals surface area contributed by atoms with Gasteiger partial charge in [-0.05, 0) is 24.7 Å². The van der Waals surface area contributed by atoms with Gasteiger partial charge in [0.2, 0.25) is 5.91 Å². The normalized spacial score (nSPS) is 46.9. The van der Waals surface area contributed by atoms with Crippen molar-refractivity contribution in [1.82, 2.24) is 4.90 Å². The fourth-order valence-electron chi connectivity index (χ4n) is 3.29. The van der Waals surface area contributed by atoms with Crippen LogP contribution in [0.5, 0.6) is 0 Å². The minimum absolute atomic E-state index is 0.247. The second-order valence-corrected chi connectivity index (χ2v) is 4.48. The molecule has 0 radical (unpaired) electrons. The molecule has 1 aliphatic carbocycles. The van der Waals surface area contributed by atoms with E-state index in [0.29, 0.717) is 17.7 Å². The Hall–Kier alpha value is -0.530. The summed E-state index contributed by atoms with van der Waals surface area (Å²) in [7, 11) is 1.97. The maximum absolute atomic E-state index is 11.4. The van der Waals surface area contributed by atoms with Crippen LogP contribution >= 0.6 is 0 Å². The van der Waals surface area contributed by atoms with Gasteiger partial charge in [0.05, 0.1) is 0 Å². The molecule has 68 valence electrons. The Morgan fingerprint density at radius 3 is 2.25 bits per heavy atom. The van der Waals surface area contributed by atoms with E-state index in [-0.39, 0.29) is 5.54 Å². The summed E-state index contributed by atoms with van der Waals surface area (Å²) in [6.07, 6.45) is 3.15. The van der Waals surface area contributed by atoms with Crippen molar-refractivity contribution in [2.45, 2.75) is 38.6 Å². The predicted molar refractivity (Wildman–Crippen MR) is 47.7 cm³/mol. The Morgan fingerprint density at radius 2 is 2.00 bits per heavy atom. The van der Waals surface area contributed by atoms with Gasteiger partial charge in [0.1, 0.15) is 0 Å². The third-order valence-corrected chi connectivity index (χ3v) is 4.15. The zero-order valence-electron chi connectivity index (χ0n) is 8.13. The highest BCUT2D eigenvalue weighted by atomic mass is 16.2. The number of hydrogen-bond donors (Lipinski definition) is 0. The van der Waals surface area contributed by atoms with Crippen LogP contribution in [0.2, 0.25) is 0 Å². The fourth-order valence-corrected chi connectivity index (χ4v) is 3.29. The molecule has 0 aromatic heterocycles. The first-order valence-corrected chi connectivity index (χ1v) is 4.85. The smallest absolute Gasteiger partial charge is 0.222 e. The van der Waals surface area contributed by atoms with Crippen LogP contribution in [0.25, 0.3) is 0 Å². The lowest BCUT2D eigenvalue weighted by Gasteiger charge is -2.55. The van der Waals surface area contributed by atoms with Gasteiger partial charge in [0.15, 0.2) is 0 Å². The van der Waals surface area contributed by atoms with Crippen molar-refractivity contribution in [3.63, 3.8) is 0 Å². The summed E-state index contributed by atoms with van der Waals surface area (Å²) >= 11 is 0. The highest BCUT2D eigenvalue weighted by Gasteiger charge is 2.57. The van der Waals surface area contributed by atoms with E-state index in [0.717, 1.165) is 12.8 Å². The number of hydrogen-bond acceptors (Lipinski definition) is 1. The largest absolute Gasteiger partial charge is 0.340 e. The van der Waals surface area contributed by atoms with Crippen molar-refractivity contribution in [1.29, 1.82) is 0 Å². The standard InChI is InChI=1S/C10H17NO/c1-7-6-8(2)10(7)5-4-9(12)11(10)3/h7-8H,4-6H2,1-3H3. The van der Waals surface area contributed by atoms with E-state index in [1.807, 2.05) is 11.9 Å². The Labute approximate surface area is 73.9 Å². The SMILES string of the molecule is CC1CC(C)C12CCC(=O)N2C. The van der Waals surface area contributed by atoms with E-state index in [1.54, 1.807) is 0 Å². The van der Waals surface area contributed by atoms with Crippen LogP contribution in [-0.2, 0) is 4.79 Å². The maximum atomic E-state index is 11.4. The molecule has 2 atom stereocenters. The lowest BCUT2D eigenvalue weighted by molar-refractivity contribution is -0.138. The average Bonchev–Trinajstić information content (AvgIpc) is 2.32. The first-order chi connectivity index (χ1) is 5.59. The molecule has 2 aliphatic rings. The van der Waals surface area contributed by atoms with Crippen molar-refractivity contribution >= 4 is 5.91 Å². The molecule has 1 aliphatic heterocycles. The van der Waals surface area contributed by atoms with Gasteiger partial charge in [-0.3, -0.25) is 4.79 Å². The number of nitrogens with zero attached hydrogens (tertiary/aromatic N) is 1. The highest BCUT2D eigenvalue weighted by Crippen LogP contribution is 2.53. The molecule has 1 heterocycles. The molecule has 0 bridgehead atoms. The van der Waals surface area contributed by atoms with Crippen molar-refractivity contribution in [3.05, 3.63) is 0 Å². The molecule has 12 heavy (non-hydrogen) atoms. The molecule has 2 heteroatoms. The molecule has 0 N–H and O–H groups in total. The first-order valence-electron chi connectivity index (χ1n) is 4.85. The van der Waals surface area contributed by atoms with E-state index >= 15 is 0 Å². The molecule has 2 unspecified atom stereocenters. The molecular formula is C10H17NO. The fraction of sp³-hybridized carbons (Fsp3) is 0.900. The Morgan fingerprint density at radius 1 is 1.42 bits per heavy atom. The van der Waals surface area contributed by atoms with Gasteiger partial charge in [-0.15, -0.1) is 0 Å². The lowest BCUT2D eigenvalue weighted by Crippen LogP contribution is -2.60. The number of carbonyl (C=O) groups excluding carboxylic acids is 1. The van der Waals surface area contributed by atoms with Gasteiger partial charge in [-0.25, -0.2) is 0 Å². The molecule has 2 rings (SSSR count). The van der Waals surface area contributed by atoms with Crippen LogP contribution in [0, 0.1) is 11.8 Å². The molecule has 2 nitrogen and oxygen atoms in total. The van der Waals surface area contributed by atoms with Gasteiger partial charge in [-0.2, -0.15) is 0 Å². The highest BCUT2D eigenvalue weighted by molar-refractivity contribution is 5.79. The van der Waals surface area contributed by atoms with Crippen molar-refractivity contribution in [3.8, 4) is 0 Å². The first kappa shape index (κ1) is 8.09. The molecule has 1 saturated carbocycles. The lowest BCUT2D eigenvalue weighted by atomic mass is 9.59. The van der Waals surface area contributed by atoms with Crippen molar-refractivity contribution in [2.75, 3.05) is 7.05 Å². The zero-order chi connectivity index (χ0) is 8.93. The topological polar surface area (TPSA) is 20.3 Å². The van der Waals surface area contributed by atoms with E-state index in [1.165, 1.54) is 6.42 Å². The van der Waals surface area contributed by atoms with Gasteiger partial charge in [0, 0.05) is 19.0 Å². The summed E-state index contributed by atoms with van der Waals surface area (Å²) < 4.78 is 0. The Kier molecular flexibility index (Phi) is 1.51. The molecule has 0 aromatic rings. The molecular weight excluding hydrogens is 150 g/mol. The minimum atomic E-state index is 0.247. The molecule has 1 saturated heterocycles. The average molecular weight is 167 g/mol. The third-order valence-electron chi connectivity index (χ3n) is 4.15. The number of amides is 1. The van der Waals surface area contributed by atoms with E-state index in [2.05, 4.69) is 13.8 Å². The van der Waals surface area contributed by atoms with E-state index in [9.17, 15) is 4.79 Å². The van der Waals surface area contributed by atoms with Crippen LogP contribution in [0.15, 0.2) is 0 Å². The molecule has 1 amide bonds. The van der Waals surface area contributed by atoms with Crippen molar-refractivity contribution in [2.24, 2.45) is 11.8 Å². The summed E-state index contributed by atoms with van der Waals surface area (Å²) in [5.74, 6) is 1.77. The van der Waals surface area contributed by atoms with Gasteiger partial charge >= 0.3 is 0 Å². The van der Waals surface area contributed by atoms with Gasteiger partial charge in [0.25, 0.3) is 0 Å². The maximum Gasteiger partial charge on any atom is 0.222 e. The second-order valence-electron chi connectivity index (χ2n) is 4.48. The summed E-state index contributed by atoms with van der Waals surface area (Å²) in [5, 5.41) is 0. The van der Waals surface area contributed by atoms with Crippen LogP contribution in [0.3, 0.4) is 0 Å².